The van der Waals surface area contributed by atoms with E-state index in [9.17, 15) is 18.0 Å². The Morgan fingerprint density at radius 1 is 1.50 bits per heavy atom. The quantitative estimate of drug-likeness (QED) is 0.794. The lowest BCUT2D eigenvalue weighted by Gasteiger charge is -2.07. The highest BCUT2D eigenvalue weighted by molar-refractivity contribution is 5.74. The van der Waals surface area contributed by atoms with Crippen LogP contribution in [0.25, 0.3) is 0 Å². The molecule has 88 valence electrons. The zero-order valence-corrected chi connectivity index (χ0v) is 8.21. The van der Waals surface area contributed by atoms with E-state index in [4.69, 9.17) is 0 Å². The average Bonchev–Trinajstić information content (AvgIpc) is 2.25. The first-order valence-electron chi connectivity index (χ1n) is 4.13. The molecule has 1 aromatic heterocycles. The minimum absolute atomic E-state index is 0.0901. The van der Waals surface area contributed by atoms with Crippen LogP contribution in [0.3, 0.4) is 0 Å². The predicted octanol–water partition coefficient (Wildman–Crippen LogP) is 1.08. The van der Waals surface area contributed by atoms with E-state index >= 15 is 0 Å². The average molecular weight is 235 g/mol. The third-order valence-corrected chi connectivity index (χ3v) is 1.60. The van der Waals surface area contributed by atoms with Crippen LogP contribution in [0.5, 0.6) is 0 Å². The fourth-order valence-corrected chi connectivity index (χ4v) is 0.844. The molecule has 0 aromatic carbocycles. The molecule has 1 aromatic rings. The summed E-state index contributed by atoms with van der Waals surface area (Å²) in [4.78, 5) is 17.3. The summed E-state index contributed by atoms with van der Waals surface area (Å²) in [5.41, 5.74) is -1.07. The Morgan fingerprint density at radius 2 is 2.19 bits per heavy atom. The Morgan fingerprint density at radius 3 is 2.75 bits per heavy atom. The molecule has 0 unspecified atom stereocenters. The molecule has 5 nitrogen and oxygen atoms in total. The lowest BCUT2D eigenvalue weighted by molar-refractivity contribution is -0.141. The number of esters is 1. The number of ether oxygens (including phenoxy) is 1. The molecule has 1 N–H and O–H groups in total. The molecule has 0 radical (unpaired) electrons. The van der Waals surface area contributed by atoms with Crippen LogP contribution in [0.4, 0.5) is 19.0 Å². The van der Waals surface area contributed by atoms with Gasteiger partial charge >= 0.3 is 12.1 Å². The van der Waals surface area contributed by atoms with Gasteiger partial charge in [-0.05, 0) is 0 Å². The van der Waals surface area contributed by atoms with Gasteiger partial charge in [0.1, 0.15) is 24.4 Å². The smallest absolute Gasteiger partial charge is 0.433 e. The molecule has 0 amide bonds. The molecule has 0 fully saturated rings. The van der Waals surface area contributed by atoms with Crippen molar-refractivity contribution in [3.63, 3.8) is 0 Å². The van der Waals surface area contributed by atoms with E-state index in [0.717, 1.165) is 6.33 Å². The summed E-state index contributed by atoms with van der Waals surface area (Å²) in [6, 6.07) is 0.711. The van der Waals surface area contributed by atoms with Crippen LogP contribution in [0.1, 0.15) is 5.69 Å². The van der Waals surface area contributed by atoms with Crippen molar-refractivity contribution in [1.29, 1.82) is 0 Å². The van der Waals surface area contributed by atoms with Crippen molar-refractivity contribution in [3.8, 4) is 0 Å². The number of hydrogen-bond acceptors (Lipinski definition) is 5. The van der Waals surface area contributed by atoms with Crippen molar-refractivity contribution in [3.05, 3.63) is 18.1 Å². The maximum Gasteiger partial charge on any atom is 0.433 e. The maximum absolute atomic E-state index is 12.2. The van der Waals surface area contributed by atoms with E-state index < -0.39 is 17.8 Å². The Balaban J connectivity index is 2.72. The van der Waals surface area contributed by atoms with Crippen molar-refractivity contribution < 1.29 is 22.7 Å². The Bertz CT molecular complexity index is 381. The number of halogens is 3. The first-order valence-corrected chi connectivity index (χ1v) is 4.13. The van der Waals surface area contributed by atoms with Gasteiger partial charge in [-0.1, -0.05) is 0 Å². The molecule has 0 aliphatic carbocycles. The molecule has 0 saturated carbocycles. The van der Waals surface area contributed by atoms with Crippen LogP contribution in [0.2, 0.25) is 0 Å². The molecule has 8 heteroatoms. The molecule has 1 rings (SSSR count). The van der Waals surface area contributed by atoms with Crippen LogP contribution >= 0.6 is 0 Å². The Hall–Kier alpha value is -1.86. The van der Waals surface area contributed by atoms with Gasteiger partial charge in [0.2, 0.25) is 0 Å². The van der Waals surface area contributed by atoms with Crippen LogP contribution in [0, 0.1) is 0 Å². The van der Waals surface area contributed by atoms with Gasteiger partial charge in [-0.2, -0.15) is 13.2 Å². The van der Waals surface area contributed by atoms with Crippen LogP contribution in [-0.4, -0.2) is 29.6 Å². The topological polar surface area (TPSA) is 64.1 Å². The number of hydrogen-bond donors (Lipinski definition) is 1. The Kier molecular flexibility index (Phi) is 3.64. The van der Waals surface area contributed by atoms with Crippen molar-refractivity contribution in [2.75, 3.05) is 19.0 Å². The summed E-state index contributed by atoms with van der Waals surface area (Å²) in [6.07, 6.45) is -3.77. The van der Waals surface area contributed by atoms with Crippen molar-refractivity contribution in [2.24, 2.45) is 0 Å². The maximum atomic E-state index is 12.2. The summed E-state index contributed by atoms with van der Waals surface area (Å²) in [5, 5.41) is 2.38. The monoisotopic (exact) mass is 235 g/mol. The second kappa shape index (κ2) is 4.77. The zero-order chi connectivity index (χ0) is 12.2. The van der Waals surface area contributed by atoms with E-state index in [0.29, 0.717) is 6.07 Å². The first-order chi connectivity index (χ1) is 7.43. The van der Waals surface area contributed by atoms with Gasteiger partial charge in [-0.25, -0.2) is 9.97 Å². The summed E-state index contributed by atoms with van der Waals surface area (Å²) in [7, 11) is 1.17. The van der Waals surface area contributed by atoms with Crippen LogP contribution < -0.4 is 5.32 Å². The summed E-state index contributed by atoms with van der Waals surface area (Å²) in [6.45, 7) is -0.259. The molecular formula is C8H8F3N3O2. The van der Waals surface area contributed by atoms with Crippen molar-refractivity contribution >= 4 is 11.8 Å². The number of anilines is 1. The molecule has 0 aliphatic heterocycles. The summed E-state index contributed by atoms with van der Waals surface area (Å²) in [5.74, 6) is -0.695. The molecular weight excluding hydrogens is 227 g/mol. The minimum Gasteiger partial charge on any atom is -0.468 e. The fourth-order valence-electron chi connectivity index (χ4n) is 0.844. The molecule has 0 bridgehead atoms. The van der Waals surface area contributed by atoms with Crippen molar-refractivity contribution in [1.82, 2.24) is 9.97 Å². The fraction of sp³-hybridized carbons (Fsp3) is 0.375. The second-order valence-corrected chi connectivity index (χ2v) is 2.72. The first kappa shape index (κ1) is 12.2. The number of carbonyl (C=O) groups excluding carboxylic acids is 1. The van der Waals surface area contributed by atoms with Gasteiger partial charge in [-0.15, -0.1) is 0 Å². The highest BCUT2D eigenvalue weighted by atomic mass is 19.4. The molecule has 0 spiro atoms. The number of nitrogens with zero attached hydrogens (tertiary/aromatic N) is 2. The number of nitrogens with one attached hydrogen (secondary N) is 1. The Labute approximate surface area is 88.7 Å². The third kappa shape index (κ3) is 3.37. The highest BCUT2D eigenvalue weighted by Gasteiger charge is 2.32. The molecule has 0 atom stereocenters. The number of aromatic nitrogens is 2. The van der Waals surface area contributed by atoms with E-state index in [1.807, 2.05) is 0 Å². The van der Waals surface area contributed by atoms with E-state index in [1.165, 1.54) is 7.11 Å². The third-order valence-electron chi connectivity index (χ3n) is 1.60. The molecule has 1 heterocycles. The standard InChI is InChI=1S/C8H8F3N3O2/c1-16-7(15)3-12-6-2-5(8(9,10)11)13-4-14-6/h2,4H,3H2,1H3,(H,12,13,14). The minimum atomic E-state index is -4.54. The van der Waals surface area contributed by atoms with E-state index in [2.05, 4.69) is 20.0 Å². The number of rotatable bonds is 3. The van der Waals surface area contributed by atoms with Gasteiger partial charge in [-0.3, -0.25) is 4.79 Å². The van der Waals surface area contributed by atoms with Gasteiger partial charge in [0.25, 0.3) is 0 Å². The zero-order valence-electron chi connectivity index (χ0n) is 8.21. The predicted molar refractivity (Wildman–Crippen MR) is 47.5 cm³/mol. The van der Waals surface area contributed by atoms with E-state index in [1.54, 1.807) is 0 Å². The SMILES string of the molecule is COC(=O)CNc1cc(C(F)(F)F)ncn1. The van der Waals surface area contributed by atoms with Crippen LogP contribution in [-0.2, 0) is 15.7 Å². The van der Waals surface area contributed by atoms with Gasteiger partial charge < -0.3 is 10.1 Å². The number of methoxy groups -OCH3 is 1. The molecule has 0 aliphatic rings. The van der Waals surface area contributed by atoms with Gasteiger partial charge in [0, 0.05) is 6.07 Å². The summed E-state index contributed by atoms with van der Waals surface area (Å²) < 4.78 is 41.0. The molecule has 0 saturated heterocycles. The lowest BCUT2D eigenvalue weighted by Crippen LogP contribution is -2.17. The second-order valence-electron chi connectivity index (χ2n) is 2.72. The highest BCUT2D eigenvalue weighted by Crippen LogP contribution is 2.27. The number of carbonyl (C=O) groups is 1. The van der Waals surface area contributed by atoms with E-state index in [-0.39, 0.29) is 12.4 Å². The molecule has 16 heavy (non-hydrogen) atoms. The number of alkyl halides is 3. The normalized spacial score (nSPS) is 11.0. The lowest BCUT2D eigenvalue weighted by atomic mass is 10.4. The summed E-state index contributed by atoms with van der Waals surface area (Å²) >= 11 is 0. The van der Waals surface area contributed by atoms with Gasteiger partial charge in [0.15, 0.2) is 0 Å². The largest absolute Gasteiger partial charge is 0.468 e. The van der Waals surface area contributed by atoms with Crippen molar-refractivity contribution in [2.45, 2.75) is 6.18 Å². The van der Waals surface area contributed by atoms with Gasteiger partial charge in [0.05, 0.1) is 7.11 Å². The van der Waals surface area contributed by atoms with Crippen LogP contribution in [0.15, 0.2) is 12.4 Å².